The van der Waals surface area contributed by atoms with E-state index >= 15 is 0 Å². The fraction of sp³-hybridized carbons (Fsp3) is 0.393. The second-order valence-electron chi connectivity index (χ2n) is 9.21. The number of carbonyl (C=O) groups is 1. The number of halogens is 3. The number of para-hydroxylation sites is 1. The highest BCUT2D eigenvalue weighted by atomic mass is 19.4. The predicted octanol–water partition coefficient (Wildman–Crippen LogP) is 6.37. The lowest BCUT2D eigenvalue weighted by atomic mass is 9.89. The van der Waals surface area contributed by atoms with Gasteiger partial charge in [-0.1, -0.05) is 36.8 Å². The number of aromatic amines is 1. The third-order valence-corrected chi connectivity index (χ3v) is 6.76. The third kappa shape index (κ3) is 6.98. The molecule has 2 N–H and O–H groups in total. The Hall–Kier alpha value is -3.06. The zero-order valence-corrected chi connectivity index (χ0v) is 19.8. The van der Waals surface area contributed by atoms with E-state index in [0.29, 0.717) is 18.0 Å². The van der Waals surface area contributed by atoms with Crippen LogP contribution in [0.15, 0.2) is 60.8 Å². The second kappa shape index (κ2) is 11.6. The maximum atomic E-state index is 12.6. The molecule has 1 aromatic heterocycles. The van der Waals surface area contributed by atoms with Gasteiger partial charge in [0.2, 0.25) is 5.91 Å². The van der Waals surface area contributed by atoms with Crippen LogP contribution < -0.4 is 5.32 Å². The van der Waals surface area contributed by atoms with Gasteiger partial charge in [-0.05, 0) is 86.6 Å². The van der Waals surface area contributed by atoms with E-state index in [-0.39, 0.29) is 5.91 Å². The van der Waals surface area contributed by atoms with Crippen LogP contribution in [0.4, 0.5) is 13.2 Å². The highest BCUT2D eigenvalue weighted by Gasteiger charge is 2.29. The van der Waals surface area contributed by atoms with Crippen molar-refractivity contribution in [1.82, 2.24) is 15.2 Å². The molecule has 1 fully saturated rings. The number of nitrogens with zero attached hydrogens (tertiary/aromatic N) is 1. The second-order valence-corrected chi connectivity index (χ2v) is 9.21. The number of amides is 1. The number of fused-ring (bicyclic) bond motifs is 1. The van der Waals surface area contributed by atoms with Crippen molar-refractivity contribution in [2.45, 2.75) is 44.2 Å². The lowest BCUT2D eigenvalue weighted by molar-refractivity contribution is -0.137. The molecule has 0 spiro atoms. The molecule has 35 heavy (non-hydrogen) atoms. The van der Waals surface area contributed by atoms with Crippen molar-refractivity contribution in [3.8, 4) is 0 Å². The fourth-order valence-corrected chi connectivity index (χ4v) is 4.76. The molecule has 7 heteroatoms. The fourth-order valence-electron chi connectivity index (χ4n) is 4.76. The number of benzene rings is 2. The van der Waals surface area contributed by atoms with Gasteiger partial charge in [0.15, 0.2) is 0 Å². The van der Waals surface area contributed by atoms with Crippen molar-refractivity contribution in [2.24, 2.45) is 0 Å². The summed E-state index contributed by atoms with van der Waals surface area (Å²) < 4.78 is 37.8. The van der Waals surface area contributed by atoms with Gasteiger partial charge in [0.25, 0.3) is 0 Å². The molecule has 0 bridgehead atoms. The molecule has 1 amide bonds. The number of H-pyrrole nitrogens is 1. The first-order chi connectivity index (χ1) is 16.9. The van der Waals surface area contributed by atoms with E-state index in [0.717, 1.165) is 51.0 Å². The first-order valence-electron chi connectivity index (χ1n) is 12.3. The average Bonchev–Trinajstić information content (AvgIpc) is 3.29. The molecule has 0 aliphatic carbocycles. The molecule has 4 rings (SSSR count). The Kier molecular flexibility index (Phi) is 8.29. The largest absolute Gasteiger partial charge is 0.416 e. The van der Waals surface area contributed by atoms with Crippen LogP contribution in [0.25, 0.3) is 17.0 Å². The minimum absolute atomic E-state index is 0.232. The van der Waals surface area contributed by atoms with Gasteiger partial charge in [-0.3, -0.25) is 4.79 Å². The Labute approximate surface area is 204 Å². The summed E-state index contributed by atoms with van der Waals surface area (Å²) in [7, 11) is 0. The molecule has 0 radical (unpaired) electrons. The molecule has 4 nitrogen and oxygen atoms in total. The van der Waals surface area contributed by atoms with Crippen LogP contribution in [0.1, 0.15) is 54.7 Å². The summed E-state index contributed by atoms with van der Waals surface area (Å²) in [5.74, 6) is 0.387. The van der Waals surface area contributed by atoms with Crippen LogP contribution in [0.5, 0.6) is 0 Å². The number of nitrogens with one attached hydrogen (secondary N) is 2. The van der Waals surface area contributed by atoms with Crippen LogP contribution in [-0.2, 0) is 11.0 Å². The third-order valence-electron chi connectivity index (χ3n) is 6.76. The standard InChI is InChI=1S/C28H32F3N3O/c29-28(30,31)23-11-8-21(9-12-23)10-13-27(35)32-16-4-1-5-17-34-18-14-22(15-19-34)25-20-33-26-7-3-2-6-24(25)26/h2-3,6-13,20,22,33H,1,4-5,14-19H2,(H,32,35)/b13-10+. The van der Waals surface area contributed by atoms with Crippen molar-refractivity contribution in [3.05, 3.63) is 77.5 Å². The maximum absolute atomic E-state index is 12.6. The molecule has 0 saturated carbocycles. The van der Waals surface area contributed by atoms with Gasteiger partial charge in [-0.25, -0.2) is 0 Å². The molecule has 0 unspecified atom stereocenters. The number of rotatable bonds is 9. The van der Waals surface area contributed by atoms with Crippen LogP contribution in [0, 0.1) is 0 Å². The first-order valence-corrected chi connectivity index (χ1v) is 12.3. The number of likely N-dealkylation sites (tertiary alicyclic amines) is 1. The number of unbranched alkanes of at least 4 members (excludes halogenated alkanes) is 2. The van der Waals surface area contributed by atoms with Crippen LogP contribution in [0.2, 0.25) is 0 Å². The molecule has 1 saturated heterocycles. The van der Waals surface area contributed by atoms with E-state index in [9.17, 15) is 18.0 Å². The van der Waals surface area contributed by atoms with E-state index in [1.54, 1.807) is 0 Å². The lowest BCUT2D eigenvalue weighted by Crippen LogP contribution is -2.33. The number of alkyl halides is 3. The van der Waals surface area contributed by atoms with E-state index in [4.69, 9.17) is 0 Å². The normalized spacial score (nSPS) is 15.7. The van der Waals surface area contributed by atoms with E-state index in [1.165, 1.54) is 53.6 Å². The van der Waals surface area contributed by atoms with Gasteiger partial charge in [0.1, 0.15) is 0 Å². The van der Waals surface area contributed by atoms with Gasteiger partial charge >= 0.3 is 6.18 Å². The summed E-state index contributed by atoms with van der Waals surface area (Å²) in [6, 6.07) is 13.3. The molecule has 1 aliphatic heterocycles. The van der Waals surface area contributed by atoms with Gasteiger partial charge in [0.05, 0.1) is 5.56 Å². The zero-order valence-electron chi connectivity index (χ0n) is 19.8. The number of piperidine rings is 1. The zero-order chi connectivity index (χ0) is 24.7. The average molecular weight is 484 g/mol. The van der Waals surface area contributed by atoms with Gasteiger partial charge in [-0.15, -0.1) is 0 Å². The SMILES string of the molecule is O=C(/C=C/c1ccc(C(F)(F)F)cc1)NCCCCCN1CCC(c2c[nH]c3ccccc23)CC1. The molecular weight excluding hydrogens is 451 g/mol. The molecule has 2 heterocycles. The Bertz CT molecular complexity index is 1130. The van der Waals surface area contributed by atoms with E-state index in [1.807, 2.05) is 0 Å². The molecule has 1 aliphatic rings. The summed E-state index contributed by atoms with van der Waals surface area (Å²) >= 11 is 0. The minimum Gasteiger partial charge on any atom is -0.361 e. The Morgan fingerprint density at radius 3 is 2.51 bits per heavy atom. The van der Waals surface area contributed by atoms with Crippen molar-refractivity contribution < 1.29 is 18.0 Å². The molecule has 2 aromatic carbocycles. The first kappa shape index (κ1) is 25.0. The van der Waals surface area contributed by atoms with E-state index < -0.39 is 11.7 Å². The van der Waals surface area contributed by atoms with Crippen molar-refractivity contribution in [3.63, 3.8) is 0 Å². The van der Waals surface area contributed by atoms with Crippen LogP contribution >= 0.6 is 0 Å². The summed E-state index contributed by atoms with van der Waals surface area (Å²) in [5.41, 5.74) is 2.52. The Balaban J connectivity index is 1.08. The maximum Gasteiger partial charge on any atom is 0.416 e. The quantitative estimate of drug-likeness (QED) is 0.275. The molecule has 3 aromatic rings. The summed E-state index contributed by atoms with van der Waals surface area (Å²) in [5, 5.41) is 4.19. The molecule has 0 atom stereocenters. The highest BCUT2D eigenvalue weighted by Crippen LogP contribution is 2.33. The topological polar surface area (TPSA) is 48.1 Å². The van der Waals surface area contributed by atoms with E-state index in [2.05, 4.69) is 45.7 Å². The monoisotopic (exact) mass is 483 g/mol. The number of hydrogen-bond acceptors (Lipinski definition) is 2. The van der Waals surface area contributed by atoms with Crippen molar-refractivity contribution in [1.29, 1.82) is 0 Å². The Morgan fingerprint density at radius 1 is 1.03 bits per heavy atom. The van der Waals surface area contributed by atoms with Gasteiger partial charge < -0.3 is 15.2 Å². The van der Waals surface area contributed by atoms with Gasteiger partial charge in [0, 0.05) is 29.7 Å². The summed E-state index contributed by atoms with van der Waals surface area (Å²) in [4.78, 5) is 17.9. The highest BCUT2D eigenvalue weighted by molar-refractivity contribution is 5.91. The molecule has 186 valence electrons. The number of carbonyl (C=O) groups excluding carboxylic acids is 1. The smallest absolute Gasteiger partial charge is 0.361 e. The Morgan fingerprint density at radius 2 is 1.77 bits per heavy atom. The molecular formula is C28H32F3N3O. The van der Waals surface area contributed by atoms with Gasteiger partial charge in [-0.2, -0.15) is 13.2 Å². The lowest BCUT2D eigenvalue weighted by Gasteiger charge is -2.32. The van der Waals surface area contributed by atoms with Crippen molar-refractivity contribution in [2.75, 3.05) is 26.2 Å². The minimum atomic E-state index is -4.35. The van der Waals surface area contributed by atoms with Crippen LogP contribution in [0.3, 0.4) is 0 Å². The summed E-state index contributed by atoms with van der Waals surface area (Å²) in [6.07, 6.45) is 6.14. The summed E-state index contributed by atoms with van der Waals surface area (Å²) in [6.45, 7) is 3.92. The number of aromatic nitrogens is 1. The van der Waals surface area contributed by atoms with Crippen molar-refractivity contribution >= 4 is 22.9 Å². The number of hydrogen-bond donors (Lipinski definition) is 2. The predicted molar refractivity (Wildman–Crippen MR) is 134 cm³/mol. The van der Waals surface area contributed by atoms with Crippen LogP contribution in [-0.4, -0.2) is 42.0 Å².